The lowest BCUT2D eigenvalue weighted by molar-refractivity contribution is -0.117. The highest BCUT2D eigenvalue weighted by atomic mass is 16.6. The van der Waals surface area contributed by atoms with Crippen molar-refractivity contribution in [2.75, 3.05) is 13.2 Å². The van der Waals surface area contributed by atoms with Crippen LogP contribution in [0.4, 0.5) is 0 Å². The molecule has 0 bridgehead atoms. The van der Waals surface area contributed by atoms with Crippen LogP contribution in [0.3, 0.4) is 0 Å². The molecule has 3 heteroatoms. The van der Waals surface area contributed by atoms with Gasteiger partial charge in [-0.2, -0.15) is 0 Å². The number of epoxide rings is 1. The molecule has 68 valence electrons. The van der Waals surface area contributed by atoms with Gasteiger partial charge in [0.1, 0.15) is 0 Å². The van der Waals surface area contributed by atoms with Gasteiger partial charge in [0.25, 0.3) is 0 Å². The summed E-state index contributed by atoms with van der Waals surface area (Å²) in [5.74, 6) is -0.0493. The molecule has 0 aromatic rings. The van der Waals surface area contributed by atoms with Crippen LogP contribution in [-0.4, -0.2) is 25.2 Å². The molecule has 12 heavy (non-hydrogen) atoms. The Balaban J connectivity index is 1.93. The third-order valence-corrected chi connectivity index (χ3v) is 1.78. The van der Waals surface area contributed by atoms with E-state index in [0.29, 0.717) is 11.7 Å². The van der Waals surface area contributed by atoms with Crippen molar-refractivity contribution < 1.29 is 9.53 Å². The number of carbonyl (C=O) groups is 1. The predicted octanol–water partition coefficient (Wildman–Crippen LogP) is 0.858. The highest BCUT2D eigenvalue weighted by molar-refractivity contribution is 5.91. The standard InChI is InChI=1S/C9H15NO2/c1-7(2)9(11)10-5-3-4-8-6-12-8/h8H,1,3-6H2,2H3,(H,10,11). The van der Waals surface area contributed by atoms with E-state index in [1.165, 1.54) is 0 Å². The number of ether oxygens (including phenoxy) is 1. The molecule has 0 aromatic carbocycles. The Kier molecular flexibility index (Phi) is 3.29. The molecule has 1 fully saturated rings. The Hall–Kier alpha value is -0.830. The van der Waals surface area contributed by atoms with E-state index in [1.54, 1.807) is 6.92 Å². The van der Waals surface area contributed by atoms with Crippen LogP contribution >= 0.6 is 0 Å². The van der Waals surface area contributed by atoms with Crippen molar-refractivity contribution in [2.24, 2.45) is 0 Å². The fourth-order valence-electron chi connectivity index (χ4n) is 0.917. The Morgan fingerprint density at radius 1 is 1.75 bits per heavy atom. The molecule has 0 aromatic heterocycles. The summed E-state index contributed by atoms with van der Waals surface area (Å²) in [6.07, 6.45) is 2.51. The normalized spacial score (nSPS) is 20.2. The maximum atomic E-state index is 11.0. The van der Waals surface area contributed by atoms with E-state index >= 15 is 0 Å². The third kappa shape index (κ3) is 3.53. The van der Waals surface area contributed by atoms with E-state index in [9.17, 15) is 4.79 Å². The Bertz CT molecular complexity index is 185. The molecule has 1 heterocycles. The minimum Gasteiger partial charge on any atom is -0.373 e. The van der Waals surface area contributed by atoms with Crippen molar-refractivity contribution in [1.29, 1.82) is 0 Å². The monoisotopic (exact) mass is 169 g/mol. The molecule has 1 aliphatic rings. The summed E-state index contributed by atoms with van der Waals surface area (Å²) in [4.78, 5) is 11.0. The first kappa shape index (κ1) is 9.26. The zero-order chi connectivity index (χ0) is 8.97. The first-order valence-electron chi connectivity index (χ1n) is 4.25. The first-order chi connectivity index (χ1) is 5.70. The van der Waals surface area contributed by atoms with Gasteiger partial charge in [-0.15, -0.1) is 0 Å². The number of hydrogen-bond acceptors (Lipinski definition) is 2. The maximum absolute atomic E-state index is 11.0. The van der Waals surface area contributed by atoms with E-state index in [4.69, 9.17) is 4.74 Å². The van der Waals surface area contributed by atoms with E-state index in [2.05, 4.69) is 11.9 Å². The van der Waals surface area contributed by atoms with Gasteiger partial charge in [-0.1, -0.05) is 6.58 Å². The van der Waals surface area contributed by atoms with Gasteiger partial charge in [-0.3, -0.25) is 4.79 Å². The summed E-state index contributed by atoms with van der Waals surface area (Å²) in [6.45, 7) is 6.88. The van der Waals surface area contributed by atoms with Gasteiger partial charge in [-0.05, 0) is 19.8 Å². The molecule has 1 rings (SSSR count). The molecule has 1 saturated heterocycles. The Morgan fingerprint density at radius 3 is 2.92 bits per heavy atom. The molecule has 1 amide bonds. The number of amides is 1. The van der Waals surface area contributed by atoms with Gasteiger partial charge in [0, 0.05) is 12.1 Å². The summed E-state index contributed by atoms with van der Waals surface area (Å²) < 4.78 is 5.03. The largest absolute Gasteiger partial charge is 0.373 e. The summed E-state index contributed by atoms with van der Waals surface area (Å²) >= 11 is 0. The summed E-state index contributed by atoms with van der Waals surface area (Å²) in [5.41, 5.74) is 0.567. The van der Waals surface area contributed by atoms with Crippen molar-refractivity contribution >= 4 is 5.91 Å². The van der Waals surface area contributed by atoms with Crippen LogP contribution in [-0.2, 0) is 9.53 Å². The average molecular weight is 169 g/mol. The Labute approximate surface area is 72.8 Å². The van der Waals surface area contributed by atoms with Crippen LogP contribution in [0.1, 0.15) is 19.8 Å². The molecule has 0 aliphatic carbocycles. The molecule has 0 saturated carbocycles. The van der Waals surface area contributed by atoms with Gasteiger partial charge in [0.05, 0.1) is 12.7 Å². The minimum atomic E-state index is -0.0493. The van der Waals surface area contributed by atoms with Crippen LogP contribution in [0.25, 0.3) is 0 Å². The number of nitrogens with one attached hydrogen (secondary N) is 1. The van der Waals surface area contributed by atoms with Crippen molar-refractivity contribution in [3.05, 3.63) is 12.2 Å². The quantitative estimate of drug-likeness (QED) is 0.377. The van der Waals surface area contributed by atoms with Gasteiger partial charge in [0.2, 0.25) is 5.91 Å². The van der Waals surface area contributed by atoms with Crippen LogP contribution in [0.15, 0.2) is 12.2 Å². The van der Waals surface area contributed by atoms with Crippen molar-refractivity contribution in [3.63, 3.8) is 0 Å². The lowest BCUT2D eigenvalue weighted by atomic mass is 10.2. The van der Waals surface area contributed by atoms with Gasteiger partial charge >= 0.3 is 0 Å². The zero-order valence-corrected chi connectivity index (χ0v) is 7.43. The maximum Gasteiger partial charge on any atom is 0.246 e. The van der Waals surface area contributed by atoms with E-state index in [-0.39, 0.29) is 5.91 Å². The van der Waals surface area contributed by atoms with Gasteiger partial charge in [0.15, 0.2) is 0 Å². The highest BCUT2D eigenvalue weighted by Gasteiger charge is 2.21. The molecular formula is C9H15NO2. The summed E-state index contributed by atoms with van der Waals surface area (Å²) in [7, 11) is 0. The molecule has 1 atom stereocenters. The van der Waals surface area contributed by atoms with Crippen molar-refractivity contribution in [3.8, 4) is 0 Å². The second-order valence-corrected chi connectivity index (χ2v) is 3.13. The molecule has 0 spiro atoms. The lowest BCUT2D eigenvalue weighted by Crippen LogP contribution is -2.24. The smallest absolute Gasteiger partial charge is 0.246 e. The molecule has 1 aliphatic heterocycles. The fraction of sp³-hybridized carbons (Fsp3) is 0.667. The van der Waals surface area contributed by atoms with Crippen molar-refractivity contribution in [1.82, 2.24) is 5.32 Å². The predicted molar refractivity (Wildman–Crippen MR) is 46.8 cm³/mol. The van der Waals surface area contributed by atoms with Crippen LogP contribution in [0.2, 0.25) is 0 Å². The third-order valence-electron chi connectivity index (χ3n) is 1.78. The summed E-state index contributed by atoms with van der Waals surface area (Å²) in [6, 6.07) is 0. The second-order valence-electron chi connectivity index (χ2n) is 3.13. The molecule has 1 N–H and O–H groups in total. The molecular weight excluding hydrogens is 154 g/mol. The number of carbonyl (C=O) groups excluding carboxylic acids is 1. The topological polar surface area (TPSA) is 41.6 Å². The van der Waals surface area contributed by atoms with Crippen LogP contribution < -0.4 is 5.32 Å². The molecule has 3 nitrogen and oxygen atoms in total. The number of hydrogen-bond donors (Lipinski definition) is 1. The molecule has 1 unspecified atom stereocenters. The van der Waals surface area contributed by atoms with Crippen LogP contribution in [0, 0.1) is 0 Å². The Morgan fingerprint density at radius 2 is 2.42 bits per heavy atom. The van der Waals surface area contributed by atoms with E-state index in [1.807, 2.05) is 0 Å². The summed E-state index contributed by atoms with van der Waals surface area (Å²) in [5, 5.41) is 2.77. The first-order valence-corrected chi connectivity index (χ1v) is 4.25. The van der Waals surface area contributed by atoms with Gasteiger partial charge in [-0.25, -0.2) is 0 Å². The minimum absolute atomic E-state index is 0.0493. The second kappa shape index (κ2) is 4.26. The number of rotatable bonds is 5. The zero-order valence-electron chi connectivity index (χ0n) is 7.43. The van der Waals surface area contributed by atoms with Crippen molar-refractivity contribution in [2.45, 2.75) is 25.9 Å². The van der Waals surface area contributed by atoms with E-state index < -0.39 is 0 Å². The fourth-order valence-corrected chi connectivity index (χ4v) is 0.917. The van der Waals surface area contributed by atoms with E-state index in [0.717, 1.165) is 26.0 Å². The van der Waals surface area contributed by atoms with Gasteiger partial charge < -0.3 is 10.1 Å². The average Bonchev–Trinajstić information content (AvgIpc) is 2.80. The lowest BCUT2D eigenvalue weighted by Gasteiger charge is -2.02. The van der Waals surface area contributed by atoms with Crippen LogP contribution in [0.5, 0.6) is 0 Å². The highest BCUT2D eigenvalue weighted by Crippen LogP contribution is 2.14. The SMILES string of the molecule is C=C(C)C(=O)NCCCC1CO1. The molecule has 0 radical (unpaired) electrons.